The lowest BCUT2D eigenvalue weighted by molar-refractivity contribution is 0.508. The van der Waals surface area contributed by atoms with Gasteiger partial charge in [0, 0.05) is 20.5 Å². The van der Waals surface area contributed by atoms with E-state index in [2.05, 4.69) is 19.9 Å². The molecule has 0 amide bonds. The number of nitrogens with one attached hydrogen (secondary N) is 2. The number of hydrogen-bond donors (Lipinski definition) is 2. The van der Waals surface area contributed by atoms with Crippen molar-refractivity contribution in [3.63, 3.8) is 0 Å². The zero-order valence-corrected chi connectivity index (χ0v) is 13.2. The van der Waals surface area contributed by atoms with Crippen LogP contribution in [0.5, 0.6) is 0 Å². The molecule has 1 atom stereocenters. The van der Waals surface area contributed by atoms with Crippen LogP contribution in [-0.2, 0) is 22.9 Å². The topological polar surface area (TPSA) is 87.7 Å². The van der Waals surface area contributed by atoms with Crippen molar-refractivity contribution < 1.29 is 11.3 Å². The molecule has 1 aliphatic carbocycles. The van der Waals surface area contributed by atoms with Gasteiger partial charge in [0.2, 0.25) is 10.0 Å². The maximum absolute atomic E-state index is 12.4. The van der Waals surface area contributed by atoms with E-state index in [9.17, 15) is 8.42 Å². The quantitative estimate of drug-likeness (QED) is 0.770. The highest BCUT2D eigenvalue weighted by Crippen LogP contribution is 2.27. The molecule has 6 nitrogen and oxygen atoms in total. The number of H-pyrrole nitrogens is 1. The van der Waals surface area contributed by atoms with Crippen LogP contribution < -0.4 is 4.72 Å². The maximum Gasteiger partial charge on any atom is 0.240 e. The van der Waals surface area contributed by atoms with Crippen molar-refractivity contribution in [3.05, 3.63) is 53.9 Å². The van der Waals surface area contributed by atoms with Gasteiger partial charge in [-0.1, -0.05) is 18.2 Å². The highest BCUT2D eigenvalue weighted by molar-refractivity contribution is 7.89. The standard InChI is InChI=1S/C16H16N4O2S.2H2/c21-23(22,13-4-2-1-3-5-13)20-12-6-7-14-11(8-12)9-17-16-15(14)10-18-19-16;;/h1-5,9-10,12,20H,6-8H2,(H,17,18,19);2*1H. The number of benzene rings is 1. The summed E-state index contributed by atoms with van der Waals surface area (Å²) in [4.78, 5) is 4.65. The van der Waals surface area contributed by atoms with Gasteiger partial charge in [0.1, 0.15) is 0 Å². The minimum Gasteiger partial charge on any atom is -0.261 e. The van der Waals surface area contributed by atoms with Gasteiger partial charge in [0.05, 0.1) is 11.1 Å². The first-order chi connectivity index (χ1) is 11.1. The van der Waals surface area contributed by atoms with Crippen LogP contribution in [0.1, 0.15) is 20.4 Å². The normalized spacial score (nSPS) is 18.0. The lowest BCUT2D eigenvalue weighted by atomic mass is 9.88. The van der Waals surface area contributed by atoms with Gasteiger partial charge in [-0.2, -0.15) is 5.10 Å². The van der Waals surface area contributed by atoms with Gasteiger partial charge in [0.15, 0.2) is 5.65 Å². The van der Waals surface area contributed by atoms with Gasteiger partial charge in [-0.05, 0) is 42.5 Å². The Morgan fingerprint density at radius 2 is 2.04 bits per heavy atom. The van der Waals surface area contributed by atoms with Gasteiger partial charge < -0.3 is 0 Å². The predicted molar refractivity (Wildman–Crippen MR) is 90.7 cm³/mol. The van der Waals surface area contributed by atoms with Gasteiger partial charge >= 0.3 is 0 Å². The van der Waals surface area contributed by atoms with Crippen molar-refractivity contribution in [3.8, 4) is 0 Å². The monoisotopic (exact) mass is 332 g/mol. The van der Waals surface area contributed by atoms with E-state index in [4.69, 9.17) is 0 Å². The van der Waals surface area contributed by atoms with Crippen LogP contribution in [0.25, 0.3) is 11.0 Å². The Labute approximate surface area is 137 Å². The second-order valence-corrected chi connectivity index (χ2v) is 7.48. The number of pyridine rings is 1. The van der Waals surface area contributed by atoms with Crippen LogP contribution in [0.3, 0.4) is 0 Å². The number of aryl methyl sites for hydroxylation is 1. The Balaban J connectivity index is 0.00000113. The van der Waals surface area contributed by atoms with Crippen LogP contribution in [0.15, 0.2) is 47.6 Å². The van der Waals surface area contributed by atoms with Crippen molar-refractivity contribution >= 4 is 21.1 Å². The molecule has 7 heteroatoms. The van der Waals surface area contributed by atoms with Crippen LogP contribution in [0.2, 0.25) is 0 Å². The van der Waals surface area contributed by atoms with Crippen molar-refractivity contribution in [2.24, 2.45) is 0 Å². The fourth-order valence-electron chi connectivity index (χ4n) is 3.14. The molecule has 2 N–H and O–H groups in total. The Morgan fingerprint density at radius 1 is 1.22 bits per heavy atom. The third-order valence-electron chi connectivity index (χ3n) is 4.27. The van der Waals surface area contributed by atoms with E-state index in [0.29, 0.717) is 11.3 Å². The van der Waals surface area contributed by atoms with Crippen molar-refractivity contribution in [1.82, 2.24) is 19.9 Å². The minimum absolute atomic E-state index is 0. The molecule has 0 bridgehead atoms. The second kappa shape index (κ2) is 5.43. The average Bonchev–Trinajstić information content (AvgIpc) is 3.04. The zero-order chi connectivity index (χ0) is 15.9. The minimum atomic E-state index is -3.48. The lowest BCUT2D eigenvalue weighted by Crippen LogP contribution is -2.38. The van der Waals surface area contributed by atoms with Crippen molar-refractivity contribution in [1.29, 1.82) is 0 Å². The first kappa shape index (κ1) is 14.3. The summed E-state index contributed by atoms with van der Waals surface area (Å²) in [6, 6.07) is 8.36. The van der Waals surface area contributed by atoms with Crippen molar-refractivity contribution in [2.45, 2.75) is 30.2 Å². The van der Waals surface area contributed by atoms with Crippen molar-refractivity contribution in [2.75, 3.05) is 0 Å². The number of hydrogen-bond acceptors (Lipinski definition) is 4. The Bertz CT molecular complexity index is 961. The molecule has 2 heterocycles. The van der Waals surface area contributed by atoms with Gasteiger partial charge in [-0.3, -0.25) is 5.10 Å². The summed E-state index contributed by atoms with van der Waals surface area (Å²) in [5, 5.41) is 7.93. The number of fused-ring (bicyclic) bond motifs is 3. The number of rotatable bonds is 3. The zero-order valence-electron chi connectivity index (χ0n) is 12.4. The van der Waals surface area contributed by atoms with Gasteiger partial charge in [-0.15, -0.1) is 0 Å². The summed E-state index contributed by atoms with van der Waals surface area (Å²) in [6.45, 7) is 0. The van der Waals surface area contributed by atoms with E-state index < -0.39 is 10.0 Å². The SMILES string of the molecule is O=S(=O)(NC1CCc2c(cnc3[nH]ncc23)C1)c1ccccc1.[HH].[HH]. The summed E-state index contributed by atoms with van der Waals surface area (Å²) < 4.78 is 27.7. The Morgan fingerprint density at radius 3 is 2.87 bits per heavy atom. The fraction of sp³-hybridized carbons (Fsp3) is 0.250. The number of aromatic nitrogens is 3. The largest absolute Gasteiger partial charge is 0.261 e. The van der Waals surface area contributed by atoms with E-state index in [1.165, 1.54) is 5.56 Å². The molecule has 3 aromatic rings. The molecule has 1 aliphatic rings. The molecule has 0 aliphatic heterocycles. The summed E-state index contributed by atoms with van der Waals surface area (Å²) in [5.74, 6) is 0. The van der Waals surface area contributed by atoms with Crippen LogP contribution in [0.4, 0.5) is 0 Å². The Kier molecular flexibility index (Phi) is 3.39. The van der Waals surface area contributed by atoms with E-state index >= 15 is 0 Å². The van der Waals surface area contributed by atoms with E-state index in [0.717, 1.165) is 29.4 Å². The lowest BCUT2D eigenvalue weighted by Gasteiger charge is -2.25. The smallest absolute Gasteiger partial charge is 0.240 e. The van der Waals surface area contributed by atoms with E-state index in [1.807, 2.05) is 6.20 Å². The molecule has 122 valence electrons. The molecule has 0 fully saturated rings. The first-order valence-electron chi connectivity index (χ1n) is 7.51. The third-order valence-corrected chi connectivity index (χ3v) is 5.80. The summed E-state index contributed by atoms with van der Waals surface area (Å²) in [6.07, 6.45) is 5.84. The van der Waals surface area contributed by atoms with Crippen LogP contribution in [0, 0.1) is 0 Å². The van der Waals surface area contributed by atoms with Crippen LogP contribution in [-0.4, -0.2) is 29.6 Å². The molecule has 0 radical (unpaired) electrons. The molecule has 2 aromatic heterocycles. The van der Waals surface area contributed by atoms with E-state index in [1.54, 1.807) is 36.5 Å². The number of nitrogens with zero attached hydrogens (tertiary/aromatic N) is 2. The first-order valence-corrected chi connectivity index (χ1v) is 8.99. The predicted octanol–water partition coefficient (Wildman–Crippen LogP) is 2.29. The highest BCUT2D eigenvalue weighted by Gasteiger charge is 2.25. The Hall–Kier alpha value is -2.25. The third kappa shape index (κ3) is 2.62. The van der Waals surface area contributed by atoms with Gasteiger partial charge in [0.25, 0.3) is 0 Å². The molecular weight excluding hydrogens is 312 g/mol. The molecule has 0 spiro atoms. The second-order valence-electron chi connectivity index (χ2n) is 5.77. The van der Waals surface area contributed by atoms with Crippen LogP contribution >= 0.6 is 0 Å². The summed E-state index contributed by atoms with van der Waals surface area (Å²) in [5.41, 5.74) is 3.09. The molecule has 1 aromatic carbocycles. The molecule has 1 unspecified atom stereocenters. The number of sulfonamides is 1. The highest BCUT2D eigenvalue weighted by atomic mass is 32.2. The molecule has 4 rings (SSSR count). The molecule has 23 heavy (non-hydrogen) atoms. The fourth-order valence-corrected chi connectivity index (χ4v) is 4.43. The summed E-state index contributed by atoms with van der Waals surface area (Å²) >= 11 is 0. The van der Waals surface area contributed by atoms with E-state index in [-0.39, 0.29) is 8.90 Å². The summed E-state index contributed by atoms with van der Waals surface area (Å²) in [7, 11) is -3.48. The van der Waals surface area contributed by atoms with Gasteiger partial charge in [-0.25, -0.2) is 18.1 Å². The molecule has 0 saturated carbocycles. The number of aromatic amines is 1. The molecular formula is C16H20N4O2S. The maximum atomic E-state index is 12.4. The average molecular weight is 332 g/mol. The molecule has 0 saturated heterocycles.